The number of ether oxygens (including phenoxy) is 1. The van der Waals surface area contributed by atoms with Gasteiger partial charge in [0.05, 0.1) is 17.9 Å². The first-order valence-corrected chi connectivity index (χ1v) is 9.39. The van der Waals surface area contributed by atoms with Crippen LogP contribution in [0.1, 0.15) is 32.3 Å². The van der Waals surface area contributed by atoms with Gasteiger partial charge in [0.15, 0.2) is 0 Å². The molecular weight excluding hydrogens is 354 g/mol. The molecule has 0 amide bonds. The monoisotopic (exact) mass is 379 g/mol. The highest BCUT2D eigenvalue weighted by molar-refractivity contribution is 5.87. The van der Waals surface area contributed by atoms with Crippen LogP contribution in [-0.2, 0) is 16.0 Å². The maximum atomic E-state index is 11.6. The number of nitrogens with zero attached hydrogens (tertiary/aromatic N) is 3. The molecule has 1 heterocycles. The number of aliphatic hydroxyl groups is 1. The van der Waals surface area contributed by atoms with Gasteiger partial charge in [0.2, 0.25) is 0 Å². The highest BCUT2D eigenvalue weighted by Gasteiger charge is 2.15. The summed E-state index contributed by atoms with van der Waals surface area (Å²) in [5, 5.41) is 19.6. The Morgan fingerprint density at radius 3 is 2.36 bits per heavy atom. The Bertz CT molecular complexity index is 947. The second kappa shape index (κ2) is 8.80. The number of para-hydroxylation sites is 1. The lowest BCUT2D eigenvalue weighted by atomic mass is 10.0. The van der Waals surface area contributed by atoms with E-state index < -0.39 is 12.1 Å². The number of carbonyl (C=O) groups excluding carboxylic acids is 1. The summed E-state index contributed by atoms with van der Waals surface area (Å²) in [6.45, 7) is 7.01. The summed E-state index contributed by atoms with van der Waals surface area (Å²) >= 11 is 0. The molecule has 28 heavy (non-hydrogen) atoms. The maximum Gasteiger partial charge on any atom is 0.333 e. The van der Waals surface area contributed by atoms with Gasteiger partial charge in [0.25, 0.3) is 0 Å². The smallest absolute Gasteiger partial charge is 0.333 e. The normalized spacial score (nSPS) is 13.2. The zero-order valence-electron chi connectivity index (χ0n) is 16.2. The molecule has 6 nitrogen and oxygen atoms in total. The van der Waals surface area contributed by atoms with Gasteiger partial charge in [-0.3, -0.25) is 0 Å². The number of aliphatic hydroxyl groups excluding tert-OH is 1. The summed E-state index contributed by atoms with van der Waals surface area (Å²) in [6, 6.07) is 15.5. The third-order valence-electron chi connectivity index (χ3n) is 4.51. The van der Waals surface area contributed by atoms with E-state index in [2.05, 4.69) is 16.8 Å². The minimum atomic E-state index is -0.558. The van der Waals surface area contributed by atoms with E-state index >= 15 is 0 Å². The average molecular weight is 379 g/mol. The fourth-order valence-electron chi connectivity index (χ4n) is 2.97. The zero-order valence-corrected chi connectivity index (χ0v) is 16.2. The number of carbonyl (C=O) groups is 1. The van der Waals surface area contributed by atoms with Crippen LogP contribution >= 0.6 is 0 Å². The Morgan fingerprint density at radius 1 is 1.11 bits per heavy atom. The molecule has 0 spiro atoms. The Morgan fingerprint density at radius 2 is 1.71 bits per heavy atom. The second-order valence-electron chi connectivity index (χ2n) is 7.04. The molecule has 0 aliphatic carbocycles. The van der Waals surface area contributed by atoms with Crippen molar-refractivity contribution in [3.63, 3.8) is 0 Å². The molecular formula is C22H25N3O3. The lowest BCUT2D eigenvalue weighted by Gasteiger charge is -2.17. The number of fused-ring (bicyclic) bond motifs is 1. The van der Waals surface area contributed by atoms with Crippen molar-refractivity contribution < 1.29 is 14.6 Å². The first-order valence-electron chi connectivity index (χ1n) is 9.39. The quantitative estimate of drug-likeness (QED) is 0.478. The molecule has 3 aromatic rings. The van der Waals surface area contributed by atoms with Gasteiger partial charge < -0.3 is 9.84 Å². The van der Waals surface area contributed by atoms with Crippen molar-refractivity contribution in [3.05, 3.63) is 66.2 Å². The summed E-state index contributed by atoms with van der Waals surface area (Å²) in [5.74, 6) is -0.399. The molecule has 1 aromatic heterocycles. The van der Waals surface area contributed by atoms with Crippen molar-refractivity contribution in [1.29, 1.82) is 0 Å². The Hall–Kier alpha value is -2.99. The molecule has 0 saturated carbocycles. The Kier molecular flexibility index (Phi) is 6.21. The SMILES string of the molecule is C=C(C)C(=O)OC(C)CCC(O)Cc1ccccc1-n1nc2ccccc2n1. The van der Waals surface area contributed by atoms with E-state index in [1.54, 1.807) is 11.7 Å². The number of hydrogen-bond donors (Lipinski definition) is 1. The summed E-state index contributed by atoms with van der Waals surface area (Å²) in [5.41, 5.74) is 3.83. The van der Waals surface area contributed by atoms with Crippen molar-refractivity contribution in [1.82, 2.24) is 15.0 Å². The highest BCUT2D eigenvalue weighted by atomic mass is 16.5. The van der Waals surface area contributed by atoms with E-state index in [0.717, 1.165) is 22.3 Å². The van der Waals surface area contributed by atoms with Crippen LogP contribution in [0.15, 0.2) is 60.7 Å². The summed E-state index contributed by atoms with van der Waals surface area (Å²) in [6.07, 6.45) is 0.735. The van der Waals surface area contributed by atoms with Crippen molar-refractivity contribution >= 4 is 17.0 Å². The molecule has 1 N–H and O–H groups in total. The first kappa shape index (κ1) is 19.8. The predicted octanol–water partition coefficient (Wildman–Crippen LogP) is 3.61. The van der Waals surface area contributed by atoms with E-state index in [-0.39, 0.29) is 6.10 Å². The van der Waals surface area contributed by atoms with Gasteiger partial charge in [-0.25, -0.2) is 4.79 Å². The minimum absolute atomic E-state index is 0.271. The minimum Gasteiger partial charge on any atom is -0.459 e. The fraction of sp³-hybridized carbons (Fsp3) is 0.318. The second-order valence-corrected chi connectivity index (χ2v) is 7.04. The van der Waals surface area contributed by atoms with Crippen LogP contribution in [-0.4, -0.2) is 38.3 Å². The molecule has 0 aliphatic rings. The number of benzene rings is 2. The molecule has 2 atom stereocenters. The summed E-state index contributed by atoms with van der Waals surface area (Å²) < 4.78 is 5.27. The molecule has 6 heteroatoms. The molecule has 0 fully saturated rings. The van der Waals surface area contributed by atoms with Crippen molar-refractivity contribution in [3.8, 4) is 5.69 Å². The van der Waals surface area contributed by atoms with E-state index in [1.807, 2.05) is 55.5 Å². The molecule has 0 bridgehead atoms. The Labute approximate surface area is 164 Å². The van der Waals surface area contributed by atoms with Gasteiger partial charge in [0.1, 0.15) is 11.0 Å². The molecule has 146 valence electrons. The molecule has 3 rings (SSSR count). The van der Waals surface area contributed by atoms with Crippen molar-refractivity contribution in [2.45, 2.75) is 45.3 Å². The van der Waals surface area contributed by atoms with E-state index in [1.165, 1.54) is 0 Å². The topological polar surface area (TPSA) is 77.2 Å². The van der Waals surface area contributed by atoms with E-state index in [0.29, 0.717) is 24.8 Å². The van der Waals surface area contributed by atoms with Gasteiger partial charge in [-0.05, 0) is 50.5 Å². The fourth-order valence-corrected chi connectivity index (χ4v) is 2.97. The van der Waals surface area contributed by atoms with Gasteiger partial charge in [-0.1, -0.05) is 36.9 Å². The standard InChI is InChI=1S/C22H25N3O3/c1-15(2)22(27)28-16(3)12-13-18(26)14-17-8-4-7-11-21(17)25-23-19-9-5-6-10-20(19)24-25/h4-11,16,18,26H,1,12-14H2,2-3H3. The van der Waals surface area contributed by atoms with Gasteiger partial charge in [0, 0.05) is 12.0 Å². The average Bonchev–Trinajstić information content (AvgIpc) is 3.10. The van der Waals surface area contributed by atoms with Crippen molar-refractivity contribution in [2.75, 3.05) is 0 Å². The molecule has 2 unspecified atom stereocenters. The summed E-state index contributed by atoms with van der Waals surface area (Å²) in [7, 11) is 0. The number of hydrogen-bond acceptors (Lipinski definition) is 5. The maximum absolute atomic E-state index is 11.6. The van der Waals surface area contributed by atoms with Crippen LogP contribution < -0.4 is 0 Å². The molecule has 0 saturated heterocycles. The third kappa shape index (κ3) is 4.84. The van der Waals surface area contributed by atoms with Crippen LogP contribution in [0.3, 0.4) is 0 Å². The lowest BCUT2D eigenvalue weighted by molar-refractivity contribution is -0.143. The lowest BCUT2D eigenvalue weighted by Crippen LogP contribution is -2.19. The molecule has 0 aliphatic heterocycles. The molecule has 0 radical (unpaired) electrons. The Balaban J connectivity index is 1.66. The third-order valence-corrected chi connectivity index (χ3v) is 4.51. The first-order chi connectivity index (χ1) is 13.4. The molecule has 2 aromatic carbocycles. The van der Waals surface area contributed by atoms with Crippen LogP contribution in [0.2, 0.25) is 0 Å². The van der Waals surface area contributed by atoms with Crippen LogP contribution in [0.4, 0.5) is 0 Å². The van der Waals surface area contributed by atoms with Gasteiger partial charge in [-0.2, -0.15) is 4.80 Å². The van der Waals surface area contributed by atoms with Crippen LogP contribution in [0.5, 0.6) is 0 Å². The predicted molar refractivity (Wildman–Crippen MR) is 108 cm³/mol. The number of rotatable bonds is 8. The number of aromatic nitrogens is 3. The van der Waals surface area contributed by atoms with E-state index in [4.69, 9.17) is 4.74 Å². The highest BCUT2D eigenvalue weighted by Crippen LogP contribution is 2.19. The zero-order chi connectivity index (χ0) is 20.1. The van der Waals surface area contributed by atoms with Crippen LogP contribution in [0.25, 0.3) is 16.7 Å². The largest absolute Gasteiger partial charge is 0.459 e. The van der Waals surface area contributed by atoms with E-state index in [9.17, 15) is 9.90 Å². The van der Waals surface area contributed by atoms with Crippen molar-refractivity contribution in [2.24, 2.45) is 0 Å². The van der Waals surface area contributed by atoms with Crippen LogP contribution in [0, 0.1) is 0 Å². The number of esters is 1. The van der Waals surface area contributed by atoms with Gasteiger partial charge >= 0.3 is 5.97 Å². The van der Waals surface area contributed by atoms with Gasteiger partial charge in [-0.15, -0.1) is 10.2 Å². The summed E-state index contributed by atoms with van der Waals surface area (Å²) in [4.78, 5) is 13.2.